The summed E-state index contributed by atoms with van der Waals surface area (Å²) in [4.78, 5) is 7.32. The van der Waals surface area contributed by atoms with Gasteiger partial charge in [0.15, 0.2) is 0 Å². The molecule has 50 heavy (non-hydrogen) atoms. The van der Waals surface area contributed by atoms with Crippen molar-refractivity contribution in [2.75, 3.05) is 4.90 Å². The van der Waals surface area contributed by atoms with Gasteiger partial charge < -0.3 is 4.90 Å². The van der Waals surface area contributed by atoms with E-state index in [2.05, 4.69) is 181 Å². The van der Waals surface area contributed by atoms with Crippen molar-refractivity contribution in [3.05, 3.63) is 182 Å². The molecule has 0 fully saturated rings. The first-order chi connectivity index (χ1) is 24.8. The third-order valence-electron chi connectivity index (χ3n) is 9.88. The lowest BCUT2D eigenvalue weighted by Crippen LogP contribution is -2.10. The zero-order chi connectivity index (χ0) is 33.0. The Balaban J connectivity index is 1.14. The largest absolute Gasteiger partial charge is 0.310 e. The van der Waals surface area contributed by atoms with E-state index in [-0.39, 0.29) is 0 Å². The number of pyridine rings is 1. The van der Waals surface area contributed by atoms with Crippen molar-refractivity contribution >= 4 is 80.9 Å². The summed E-state index contributed by atoms with van der Waals surface area (Å²) in [6.07, 6.45) is 2.03. The molecule has 0 atom stereocenters. The molecule has 10 rings (SSSR count). The number of nitrogens with zero attached hydrogens (tertiary/aromatic N) is 2. The Labute approximate surface area is 294 Å². The molecule has 8 aromatic carbocycles. The molecule has 0 aliphatic heterocycles. The third kappa shape index (κ3) is 4.74. The van der Waals surface area contributed by atoms with Gasteiger partial charge in [0.05, 0.1) is 11.4 Å². The summed E-state index contributed by atoms with van der Waals surface area (Å²) in [7, 11) is 0. The lowest BCUT2D eigenvalue weighted by molar-refractivity contribution is 1.30. The Morgan fingerprint density at radius 2 is 1.00 bits per heavy atom. The number of aromatic nitrogens is 1. The molecule has 10 aromatic rings. The molecule has 3 heteroatoms. The van der Waals surface area contributed by atoms with Crippen LogP contribution in [-0.2, 0) is 0 Å². The molecule has 2 nitrogen and oxygen atoms in total. The summed E-state index contributed by atoms with van der Waals surface area (Å²) in [5.41, 5.74) is 7.83. The third-order valence-corrected chi connectivity index (χ3v) is 11.0. The van der Waals surface area contributed by atoms with Crippen LogP contribution in [0.4, 0.5) is 17.1 Å². The van der Waals surface area contributed by atoms with Gasteiger partial charge in [0.2, 0.25) is 0 Å². The molecular weight excluding hydrogens is 625 g/mol. The highest BCUT2D eigenvalue weighted by Gasteiger charge is 2.19. The highest BCUT2D eigenvalue weighted by atomic mass is 32.1. The minimum Gasteiger partial charge on any atom is -0.310 e. The summed E-state index contributed by atoms with van der Waals surface area (Å²) >= 11 is 1.83. The van der Waals surface area contributed by atoms with E-state index in [1.807, 2.05) is 17.5 Å². The first-order valence-corrected chi connectivity index (χ1v) is 17.8. The van der Waals surface area contributed by atoms with Crippen LogP contribution in [0.15, 0.2) is 182 Å². The van der Waals surface area contributed by atoms with Gasteiger partial charge in [-0.25, -0.2) is 0 Å². The van der Waals surface area contributed by atoms with E-state index in [1.165, 1.54) is 63.6 Å². The second-order valence-electron chi connectivity index (χ2n) is 12.8. The lowest BCUT2D eigenvalue weighted by atomic mass is 9.94. The van der Waals surface area contributed by atoms with Crippen LogP contribution in [0.5, 0.6) is 0 Å². The summed E-state index contributed by atoms with van der Waals surface area (Å²) < 4.78 is 2.55. The zero-order valence-electron chi connectivity index (χ0n) is 27.1. The quantitative estimate of drug-likeness (QED) is 0.172. The standard InChI is InChI=1S/C47H30N2S/c1-2-10-31(11-3-1)32-20-24-36(25-21-32)49(44-28-35-19-18-33-12-4-5-13-38(33)47(35)41-16-7-6-14-39(41)44)37-26-22-34(23-27-37)43-29-46-42(30-48-43)40-15-8-9-17-45(40)50-46/h1-30H. The summed E-state index contributed by atoms with van der Waals surface area (Å²) in [5, 5.41) is 9.99. The molecule has 0 unspecified atom stereocenters. The van der Waals surface area contributed by atoms with Crippen molar-refractivity contribution in [1.29, 1.82) is 0 Å². The van der Waals surface area contributed by atoms with Crippen LogP contribution in [0.25, 0.3) is 74.9 Å². The molecule has 0 N–H and O–H groups in total. The van der Waals surface area contributed by atoms with Gasteiger partial charge in [-0.3, -0.25) is 4.98 Å². The molecule has 0 spiro atoms. The van der Waals surface area contributed by atoms with Crippen LogP contribution in [0.1, 0.15) is 0 Å². The molecule has 2 heterocycles. The maximum Gasteiger partial charge on any atom is 0.0716 e. The number of benzene rings is 8. The maximum absolute atomic E-state index is 4.92. The summed E-state index contributed by atoms with van der Waals surface area (Å²) in [6.45, 7) is 0. The van der Waals surface area contributed by atoms with Gasteiger partial charge in [-0.2, -0.15) is 0 Å². The van der Waals surface area contributed by atoms with E-state index in [4.69, 9.17) is 4.98 Å². The van der Waals surface area contributed by atoms with E-state index in [1.54, 1.807) is 0 Å². The second-order valence-corrected chi connectivity index (χ2v) is 13.9. The number of hydrogen-bond acceptors (Lipinski definition) is 3. The normalized spacial score (nSPS) is 11.6. The minimum atomic E-state index is 0.984. The molecule has 2 aromatic heterocycles. The Bertz CT molecular complexity index is 2850. The van der Waals surface area contributed by atoms with Crippen molar-refractivity contribution < 1.29 is 0 Å². The fraction of sp³-hybridized carbons (Fsp3) is 0. The minimum absolute atomic E-state index is 0.984. The van der Waals surface area contributed by atoms with Crippen molar-refractivity contribution in [2.24, 2.45) is 0 Å². The van der Waals surface area contributed by atoms with E-state index in [0.717, 1.165) is 28.3 Å². The Morgan fingerprint density at radius 3 is 1.78 bits per heavy atom. The zero-order valence-corrected chi connectivity index (χ0v) is 27.9. The predicted octanol–water partition coefficient (Wildman–Crippen LogP) is 13.7. The van der Waals surface area contributed by atoms with E-state index in [9.17, 15) is 0 Å². The topological polar surface area (TPSA) is 16.1 Å². The van der Waals surface area contributed by atoms with Gasteiger partial charge in [0, 0.05) is 48.7 Å². The second kappa shape index (κ2) is 11.7. The van der Waals surface area contributed by atoms with Gasteiger partial charge in [-0.1, -0.05) is 133 Å². The summed E-state index contributed by atoms with van der Waals surface area (Å²) in [6, 6.07) is 63.6. The molecule has 234 valence electrons. The maximum atomic E-state index is 4.92. The van der Waals surface area contributed by atoms with Crippen LogP contribution in [0.2, 0.25) is 0 Å². The smallest absolute Gasteiger partial charge is 0.0716 e. The fourth-order valence-electron chi connectivity index (χ4n) is 7.46. The molecule has 0 bridgehead atoms. The van der Waals surface area contributed by atoms with Crippen LogP contribution in [0.3, 0.4) is 0 Å². The SMILES string of the molecule is c1ccc(-c2ccc(N(c3ccc(-c4cc5sc6ccccc6c5cn4)cc3)c3cc4ccc5ccccc5c4c4ccccc34)cc2)cc1. The van der Waals surface area contributed by atoms with Crippen molar-refractivity contribution in [2.45, 2.75) is 0 Å². The Hall–Kier alpha value is -6.29. The molecule has 0 radical (unpaired) electrons. The predicted molar refractivity (Wildman–Crippen MR) is 215 cm³/mol. The van der Waals surface area contributed by atoms with Crippen molar-refractivity contribution in [3.8, 4) is 22.4 Å². The molecule has 0 aliphatic carbocycles. The molecular formula is C47H30N2S. The Morgan fingerprint density at radius 1 is 0.400 bits per heavy atom. The first kappa shape index (κ1) is 28.7. The van der Waals surface area contributed by atoms with Gasteiger partial charge in [-0.15, -0.1) is 11.3 Å². The van der Waals surface area contributed by atoms with Crippen LogP contribution >= 0.6 is 11.3 Å². The molecule has 0 saturated carbocycles. The van der Waals surface area contributed by atoms with Crippen molar-refractivity contribution in [1.82, 2.24) is 4.98 Å². The van der Waals surface area contributed by atoms with Gasteiger partial charge in [-0.05, 0) is 80.5 Å². The molecule has 0 aliphatic rings. The van der Waals surface area contributed by atoms with Gasteiger partial charge >= 0.3 is 0 Å². The highest BCUT2D eigenvalue weighted by molar-refractivity contribution is 7.25. The van der Waals surface area contributed by atoms with E-state index in [0.29, 0.717) is 0 Å². The van der Waals surface area contributed by atoms with Crippen LogP contribution < -0.4 is 4.90 Å². The van der Waals surface area contributed by atoms with E-state index < -0.39 is 0 Å². The summed E-state index contributed by atoms with van der Waals surface area (Å²) in [5.74, 6) is 0. The highest BCUT2D eigenvalue weighted by Crippen LogP contribution is 2.44. The van der Waals surface area contributed by atoms with Crippen LogP contribution in [0, 0.1) is 0 Å². The average Bonchev–Trinajstić information content (AvgIpc) is 3.57. The Kier molecular flexibility index (Phi) is 6.71. The number of thiophene rings is 1. The number of rotatable bonds is 5. The monoisotopic (exact) mass is 654 g/mol. The molecule has 0 amide bonds. The average molecular weight is 655 g/mol. The fourth-order valence-corrected chi connectivity index (χ4v) is 8.58. The number of hydrogen-bond donors (Lipinski definition) is 0. The van der Waals surface area contributed by atoms with Crippen LogP contribution in [-0.4, -0.2) is 4.98 Å². The lowest BCUT2D eigenvalue weighted by Gasteiger charge is -2.28. The van der Waals surface area contributed by atoms with E-state index >= 15 is 0 Å². The van der Waals surface area contributed by atoms with Gasteiger partial charge in [0.1, 0.15) is 0 Å². The number of fused-ring (bicyclic) bond motifs is 8. The number of anilines is 3. The first-order valence-electron chi connectivity index (χ1n) is 17.0. The molecule has 0 saturated heterocycles. The van der Waals surface area contributed by atoms with Gasteiger partial charge in [0.25, 0.3) is 0 Å². The van der Waals surface area contributed by atoms with Crippen molar-refractivity contribution in [3.63, 3.8) is 0 Å².